The van der Waals surface area contributed by atoms with Gasteiger partial charge >= 0.3 is 0 Å². The molecule has 1 aromatic rings. The molecule has 23 heavy (non-hydrogen) atoms. The van der Waals surface area contributed by atoms with Crippen molar-refractivity contribution in [2.75, 3.05) is 14.2 Å². The summed E-state index contributed by atoms with van der Waals surface area (Å²) >= 11 is 12.1. The van der Waals surface area contributed by atoms with Crippen molar-refractivity contribution >= 4 is 29.0 Å². The van der Waals surface area contributed by atoms with Crippen LogP contribution in [0.1, 0.15) is 37.6 Å². The predicted octanol–water partition coefficient (Wildman–Crippen LogP) is 3.14. The van der Waals surface area contributed by atoms with Crippen molar-refractivity contribution in [1.29, 1.82) is 0 Å². The Kier molecular flexibility index (Phi) is 6.36. The Morgan fingerprint density at radius 1 is 1.30 bits per heavy atom. The minimum atomic E-state index is -0.999. The summed E-state index contributed by atoms with van der Waals surface area (Å²) in [4.78, 5) is 27.0. The maximum atomic E-state index is 12.6. The number of rotatable bonds is 7. The minimum absolute atomic E-state index is 0.0540. The number of aromatic nitrogens is 1. The van der Waals surface area contributed by atoms with E-state index in [9.17, 15) is 14.7 Å². The standard InChI is InChI=1S/C15H21Cl2NO5/c1-7(6-8(2)15(3,16)17)10(19)9-11(20)12(22-4)14(23-5)18-13(9)21/h7-8H,6H2,1-5H3,(H2,18,20,21). The van der Waals surface area contributed by atoms with Crippen LogP contribution in [0.5, 0.6) is 17.4 Å². The van der Waals surface area contributed by atoms with Gasteiger partial charge in [0.25, 0.3) is 5.56 Å². The Hall–Kier alpha value is -1.40. The molecule has 1 rings (SSSR count). The Balaban J connectivity index is 3.21. The molecule has 0 amide bonds. The van der Waals surface area contributed by atoms with Gasteiger partial charge in [-0.2, -0.15) is 0 Å². The van der Waals surface area contributed by atoms with E-state index in [1.165, 1.54) is 14.2 Å². The van der Waals surface area contributed by atoms with Crippen LogP contribution in [0, 0.1) is 11.8 Å². The maximum Gasteiger partial charge on any atom is 0.265 e. The molecule has 0 radical (unpaired) electrons. The van der Waals surface area contributed by atoms with Crippen molar-refractivity contribution in [3.8, 4) is 17.4 Å². The lowest BCUT2D eigenvalue weighted by atomic mass is 9.89. The molecule has 0 saturated carbocycles. The SMILES string of the molecule is COc1[nH]c(=O)c(C(=O)C(C)CC(C)C(C)(Cl)Cl)c(O)c1OC. The molecule has 2 atom stereocenters. The van der Waals surface area contributed by atoms with Crippen molar-refractivity contribution in [2.24, 2.45) is 11.8 Å². The number of pyridine rings is 1. The Morgan fingerprint density at radius 2 is 1.87 bits per heavy atom. The number of carbonyl (C=O) groups is 1. The summed E-state index contributed by atoms with van der Waals surface area (Å²) in [5.74, 6) is -1.97. The third-order valence-corrected chi connectivity index (χ3v) is 4.53. The summed E-state index contributed by atoms with van der Waals surface area (Å²) in [6.45, 7) is 5.09. The van der Waals surface area contributed by atoms with Crippen LogP contribution in [-0.4, -0.2) is 34.4 Å². The lowest BCUT2D eigenvalue weighted by Gasteiger charge is -2.24. The predicted molar refractivity (Wildman–Crippen MR) is 89.2 cm³/mol. The molecule has 0 aliphatic carbocycles. The van der Waals surface area contributed by atoms with Gasteiger partial charge in [0.05, 0.1) is 14.2 Å². The molecule has 0 spiro atoms. The molecule has 8 heteroatoms. The summed E-state index contributed by atoms with van der Waals surface area (Å²) in [5.41, 5.74) is -1.11. The zero-order valence-electron chi connectivity index (χ0n) is 13.7. The van der Waals surface area contributed by atoms with Crippen LogP contribution in [-0.2, 0) is 0 Å². The molecule has 0 aliphatic rings. The van der Waals surface area contributed by atoms with Gasteiger partial charge in [-0.1, -0.05) is 13.8 Å². The van der Waals surface area contributed by atoms with Gasteiger partial charge in [0.1, 0.15) is 9.90 Å². The first kappa shape index (κ1) is 19.6. The molecule has 0 aromatic carbocycles. The van der Waals surface area contributed by atoms with E-state index in [0.29, 0.717) is 6.42 Å². The highest BCUT2D eigenvalue weighted by atomic mass is 35.5. The van der Waals surface area contributed by atoms with Crippen molar-refractivity contribution in [3.05, 3.63) is 15.9 Å². The topological polar surface area (TPSA) is 88.6 Å². The van der Waals surface area contributed by atoms with E-state index >= 15 is 0 Å². The van der Waals surface area contributed by atoms with E-state index in [4.69, 9.17) is 32.7 Å². The van der Waals surface area contributed by atoms with Crippen LogP contribution in [0.3, 0.4) is 0 Å². The Morgan fingerprint density at radius 3 is 2.30 bits per heavy atom. The quantitative estimate of drug-likeness (QED) is 0.572. The monoisotopic (exact) mass is 365 g/mol. The van der Waals surface area contributed by atoms with E-state index in [0.717, 1.165) is 0 Å². The first-order valence-corrected chi connectivity index (χ1v) is 7.79. The Bertz CT molecular complexity index is 636. The average molecular weight is 366 g/mol. The molecule has 0 saturated heterocycles. The second-order valence-corrected chi connectivity index (χ2v) is 7.37. The number of aromatic hydroxyl groups is 1. The fraction of sp³-hybridized carbons (Fsp3) is 0.600. The number of alkyl halides is 2. The van der Waals surface area contributed by atoms with E-state index in [2.05, 4.69) is 4.98 Å². The van der Waals surface area contributed by atoms with E-state index in [1.54, 1.807) is 13.8 Å². The molecule has 1 aromatic heterocycles. The van der Waals surface area contributed by atoms with Gasteiger partial charge in [-0.3, -0.25) is 14.6 Å². The smallest absolute Gasteiger partial charge is 0.265 e. The van der Waals surface area contributed by atoms with Gasteiger partial charge < -0.3 is 14.6 Å². The minimum Gasteiger partial charge on any atom is -0.503 e. The number of carbonyl (C=O) groups excluding carboxylic acids is 1. The lowest BCUT2D eigenvalue weighted by Crippen LogP contribution is -2.27. The van der Waals surface area contributed by atoms with Gasteiger partial charge in [-0.15, -0.1) is 23.2 Å². The fourth-order valence-electron chi connectivity index (χ4n) is 2.20. The van der Waals surface area contributed by atoms with Gasteiger partial charge in [0, 0.05) is 5.92 Å². The normalized spacial score (nSPS) is 14.2. The number of H-pyrrole nitrogens is 1. The van der Waals surface area contributed by atoms with Crippen LogP contribution >= 0.6 is 23.2 Å². The average Bonchev–Trinajstić information content (AvgIpc) is 2.45. The number of ether oxygens (including phenoxy) is 2. The zero-order valence-corrected chi connectivity index (χ0v) is 15.2. The number of aromatic amines is 1. The number of nitrogens with one attached hydrogen (secondary N) is 1. The summed E-state index contributed by atoms with van der Waals surface area (Å²) in [6.07, 6.45) is 0.357. The molecular weight excluding hydrogens is 345 g/mol. The number of halogens is 2. The summed E-state index contributed by atoms with van der Waals surface area (Å²) < 4.78 is 8.90. The van der Waals surface area contributed by atoms with Crippen molar-refractivity contribution < 1.29 is 19.4 Å². The summed E-state index contributed by atoms with van der Waals surface area (Å²) in [7, 11) is 2.60. The molecule has 6 nitrogen and oxygen atoms in total. The van der Waals surface area contributed by atoms with Crippen LogP contribution in [0.25, 0.3) is 0 Å². The van der Waals surface area contributed by atoms with Crippen molar-refractivity contribution in [2.45, 2.75) is 31.5 Å². The van der Waals surface area contributed by atoms with Crippen molar-refractivity contribution in [3.63, 3.8) is 0 Å². The van der Waals surface area contributed by atoms with E-state index in [1.807, 2.05) is 6.92 Å². The second-order valence-electron chi connectivity index (χ2n) is 5.60. The van der Waals surface area contributed by atoms with Gasteiger partial charge in [-0.25, -0.2) is 0 Å². The largest absolute Gasteiger partial charge is 0.503 e. The summed E-state index contributed by atoms with van der Waals surface area (Å²) in [5, 5.41) is 10.2. The molecule has 1 heterocycles. The van der Waals surface area contributed by atoms with Crippen LogP contribution in [0.2, 0.25) is 0 Å². The molecule has 2 N–H and O–H groups in total. The van der Waals surface area contributed by atoms with Gasteiger partial charge in [0.2, 0.25) is 11.6 Å². The summed E-state index contributed by atoms with van der Waals surface area (Å²) in [6, 6.07) is 0. The van der Waals surface area contributed by atoms with E-state index < -0.39 is 27.3 Å². The van der Waals surface area contributed by atoms with Crippen LogP contribution in [0.4, 0.5) is 0 Å². The maximum absolute atomic E-state index is 12.6. The third-order valence-electron chi connectivity index (χ3n) is 3.79. The molecule has 0 fully saturated rings. The first-order chi connectivity index (χ1) is 10.5. The first-order valence-electron chi connectivity index (χ1n) is 7.03. The molecule has 0 aliphatic heterocycles. The molecular formula is C15H21Cl2NO5. The molecule has 130 valence electrons. The molecule has 2 unspecified atom stereocenters. The number of Topliss-reactive ketones (excluding diaryl/α,β-unsaturated/α-hetero) is 1. The number of methoxy groups -OCH3 is 2. The van der Waals surface area contributed by atoms with Crippen LogP contribution < -0.4 is 15.0 Å². The zero-order chi connectivity index (χ0) is 17.9. The van der Waals surface area contributed by atoms with Gasteiger partial charge in [0.15, 0.2) is 11.5 Å². The number of hydrogen-bond donors (Lipinski definition) is 2. The third kappa shape index (κ3) is 4.32. The Labute approximate surface area is 144 Å². The molecule has 0 bridgehead atoms. The highest BCUT2D eigenvalue weighted by molar-refractivity contribution is 6.48. The fourth-order valence-corrected chi connectivity index (χ4v) is 2.38. The number of ketones is 1. The highest BCUT2D eigenvalue weighted by Crippen LogP contribution is 2.38. The highest BCUT2D eigenvalue weighted by Gasteiger charge is 2.32. The van der Waals surface area contributed by atoms with E-state index in [-0.39, 0.29) is 23.1 Å². The lowest BCUT2D eigenvalue weighted by molar-refractivity contribution is 0.0907. The number of hydrogen-bond acceptors (Lipinski definition) is 5. The second kappa shape index (κ2) is 7.45. The van der Waals surface area contributed by atoms with Gasteiger partial charge in [-0.05, 0) is 19.3 Å². The van der Waals surface area contributed by atoms with Crippen LogP contribution in [0.15, 0.2) is 4.79 Å². The van der Waals surface area contributed by atoms with Crippen molar-refractivity contribution in [1.82, 2.24) is 4.98 Å².